The summed E-state index contributed by atoms with van der Waals surface area (Å²) in [6.07, 6.45) is 2.20. The van der Waals surface area contributed by atoms with Gasteiger partial charge in [0.05, 0.1) is 0 Å². The summed E-state index contributed by atoms with van der Waals surface area (Å²) in [5, 5.41) is 19.4. The minimum Gasteiger partial charge on any atom is -0.504 e. The van der Waals surface area contributed by atoms with Crippen LogP contribution in [-0.2, 0) is 19.7 Å². The molecule has 0 unspecified atom stereocenters. The van der Waals surface area contributed by atoms with Crippen molar-refractivity contribution >= 4 is 27.3 Å². The lowest BCUT2D eigenvalue weighted by molar-refractivity contribution is -0.133. The second-order valence-corrected chi connectivity index (χ2v) is 7.26. The second-order valence-electron chi connectivity index (χ2n) is 5.87. The SMILES string of the molecule is O=C1C=C/C(=C(/c2ccc(O)c(O)c2)c2ccccc2S(=O)(=O)O)CC1=O. The molecule has 0 aromatic heterocycles. The van der Waals surface area contributed by atoms with Gasteiger partial charge in [-0.05, 0) is 41.0 Å². The molecule has 0 heterocycles. The predicted octanol–water partition coefficient (Wildman–Crippen LogP) is 2.24. The van der Waals surface area contributed by atoms with Crippen molar-refractivity contribution in [3.8, 4) is 11.5 Å². The third-order valence-corrected chi connectivity index (χ3v) is 4.99. The molecule has 3 N–H and O–H groups in total. The quantitative estimate of drug-likeness (QED) is 0.419. The van der Waals surface area contributed by atoms with Gasteiger partial charge in [-0.1, -0.05) is 30.3 Å². The summed E-state index contributed by atoms with van der Waals surface area (Å²) in [5.74, 6) is -2.17. The molecule has 27 heavy (non-hydrogen) atoms. The smallest absolute Gasteiger partial charge is 0.295 e. The van der Waals surface area contributed by atoms with Crippen LogP contribution in [0.25, 0.3) is 5.57 Å². The van der Waals surface area contributed by atoms with Gasteiger partial charge in [-0.2, -0.15) is 8.42 Å². The van der Waals surface area contributed by atoms with Crippen LogP contribution in [-0.4, -0.2) is 34.8 Å². The minimum absolute atomic E-state index is 0.0897. The van der Waals surface area contributed by atoms with E-state index >= 15 is 0 Å². The Bertz CT molecular complexity index is 1120. The Morgan fingerprint density at radius 1 is 0.926 bits per heavy atom. The molecule has 138 valence electrons. The number of rotatable bonds is 3. The number of phenols is 2. The maximum Gasteiger partial charge on any atom is 0.295 e. The molecule has 0 bridgehead atoms. The molecule has 1 aliphatic rings. The number of allylic oxidation sites excluding steroid dienone is 3. The van der Waals surface area contributed by atoms with Crippen molar-refractivity contribution in [2.24, 2.45) is 0 Å². The topological polar surface area (TPSA) is 129 Å². The van der Waals surface area contributed by atoms with E-state index in [1.165, 1.54) is 42.5 Å². The highest BCUT2D eigenvalue weighted by atomic mass is 32.2. The molecule has 0 aliphatic heterocycles. The zero-order chi connectivity index (χ0) is 19.8. The third-order valence-electron chi connectivity index (χ3n) is 4.08. The molecule has 1 aliphatic carbocycles. The number of phenolic OH excluding ortho intramolecular Hbond substituents is 2. The molecule has 2 aromatic rings. The van der Waals surface area contributed by atoms with Gasteiger partial charge in [0.1, 0.15) is 4.90 Å². The molecule has 2 aromatic carbocycles. The average Bonchev–Trinajstić information content (AvgIpc) is 2.61. The van der Waals surface area contributed by atoms with E-state index in [1.807, 2.05) is 0 Å². The minimum atomic E-state index is -4.59. The van der Waals surface area contributed by atoms with Gasteiger partial charge in [0, 0.05) is 12.0 Å². The Labute approximate surface area is 154 Å². The van der Waals surface area contributed by atoms with Gasteiger partial charge in [-0.25, -0.2) is 0 Å². The highest BCUT2D eigenvalue weighted by molar-refractivity contribution is 7.86. The lowest BCUT2D eigenvalue weighted by Gasteiger charge is -2.18. The average molecular weight is 386 g/mol. The number of carbonyl (C=O) groups is 2. The highest BCUT2D eigenvalue weighted by Gasteiger charge is 2.25. The van der Waals surface area contributed by atoms with Crippen LogP contribution in [0.3, 0.4) is 0 Å². The molecule has 7 nitrogen and oxygen atoms in total. The van der Waals surface area contributed by atoms with Crippen LogP contribution in [0.5, 0.6) is 11.5 Å². The van der Waals surface area contributed by atoms with Gasteiger partial charge in [0.25, 0.3) is 10.1 Å². The molecule has 0 saturated carbocycles. The van der Waals surface area contributed by atoms with Crippen LogP contribution in [0.1, 0.15) is 17.5 Å². The number of aromatic hydroxyl groups is 2. The molecule has 0 radical (unpaired) electrons. The summed E-state index contributed by atoms with van der Waals surface area (Å²) < 4.78 is 33.2. The lowest BCUT2D eigenvalue weighted by atomic mass is 9.87. The van der Waals surface area contributed by atoms with E-state index < -0.39 is 32.3 Å². The first-order valence-corrected chi connectivity index (χ1v) is 9.20. The van der Waals surface area contributed by atoms with Gasteiger partial charge in [-0.3, -0.25) is 14.1 Å². The largest absolute Gasteiger partial charge is 0.504 e. The second kappa shape index (κ2) is 6.82. The molecule has 0 spiro atoms. The molecule has 3 rings (SSSR count). The maximum atomic E-state index is 11.9. The van der Waals surface area contributed by atoms with E-state index in [0.717, 1.165) is 6.08 Å². The van der Waals surface area contributed by atoms with Gasteiger partial charge in [-0.15, -0.1) is 0 Å². The fraction of sp³-hybridized carbons (Fsp3) is 0.0526. The number of carbonyl (C=O) groups excluding carboxylic acids is 2. The van der Waals surface area contributed by atoms with Gasteiger partial charge in [0.15, 0.2) is 11.5 Å². The van der Waals surface area contributed by atoms with Crippen LogP contribution in [0.4, 0.5) is 0 Å². The maximum absolute atomic E-state index is 11.9. The summed E-state index contributed by atoms with van der Waals surface area (Å²) in [4.78, 5) is 23.0. The van der Waals surface area contributed by atoms with Crippen molar-refractivity contribution in [3.63, 3.8) is 0 Å². The standard InChI is InChI=1S/C19H14O7S/c20-14-7-5-11(9-16(14)22)19(12-6-8-15(21)17(23)10-12)13-3-1-2-4-18(13)27(24,25)26/h1-9,20,22H,10H2,(H,24,25,26)/b19-12+. The van der Waals surface area contributed by atoms with Crippen molar-refractivity contribution in [2.45, 2.75) is 11.3 Å². The van der Waals surface area contributed by atoms with Gasteiger partial charge >= 0.3 is 0 Å². The highest BCUT2D eigenvalue weighted by Crippen LogP contribution is 2.37. The number of Topliss-reactive ketones (excluding diaryl/α,β-unsaturated/α-hetero) is 1. The van der Waals surface area contributed by atoms with Crippen LogP contribution in [0, 0.1) is 0 Å². The Hall–Kier alpha value is -3.23. The van der Waals surface area contributed by atoms with E-state index in [4.69, 9.17) is 0 Å². The monoisotopic (exact) mass is 386 g/mol. The zero-order valence-corrected chi connectivity index (χ0v) is 14.6. The first-order valence-electron chi connectivity index (χ1n) is 7.76. The van der Waals surface area contributed by atoms with Gasteiger partial charge < -0.3 is 10.2 Å². The lowest BCUT2D eigenvalue weighted by Crippen LogP contribution is -2.16. The Morgan fingerprint density at radius 2 is 1.63 bits per heavy atom. The van der Waals surface area contributed by atoms with Crippen molar-refractivity contribution in [2.75, 3.05) is 0 Å². The third kappa shape index (κ3) is 3.67. The number of hydrogen-bond acceptors (Lipinski definition) is 6. The molecule has 0 atom stereocenters. The first kappa shape index (κ1) is 18.6. The fourth-order valence-electron chi connectivity index (χ4n) is 2.85. The molecular weight excluding hydrogens is 372 g/mol. The molecule has 0 amide bonds. The Morgan fingerprint density at radius 3 is 2.26 bits per heavy atom. The summed E-state index contributed by atoms with van der Waals surface area (Å²) >= 11 is 0. The number of ketones is 2. The van der Waals surface area contributed by atoms with Crippen molar-refractivity contribution in [1.82, 2.24) is 0 Å². The fourth-order valence-corrected chi connectivity index (χ4v) is 3.55. The molecule has 0 fully saturated rings. The van der Waals surface area contributed by atoms with E-state index in [2.05, 4.69) is 0 Å². The van der Waals surface area contributed by atoms with Crippen LogP contribution >= 0.6 is 0 Å². The van der Waals surface area contributed by atoms with Crippen LogP contribution in [0.2, 0.25) is 0 Å². The Kier molecular flexibility index (Phi) is 4.69. The van der Waals surface area contributed by atoms with E-state index in [-0.39, 0.29) is 23.3 Å². The molecule has 0 saturated heterocycles. The van der Waals surface area contributed by atoms with E-state index in [1.54, 1.807) is 6.07 Å². The predicted molar refractivity (Wildman–Crippen MR) is 95.8 cm³/mol. The van der Waals surface area contributed by atoms with E-state index in [0.29, 0.717) is 11.1 Å². The van der Waals surface area contributed by atoms with Gasteiger partial charge in [0.2, 0.25) is 11.6 Å². The summed E-state index contributed by atoms with van der Waals surface area (Å²) in [5.41, 5.74) is 0.950. The number of hydrogen-bond donors (Lipinski definition) is 3. The Balaban J connectivity index is 2.37. The van der Waals surface area contributed by atoms with Crippen molar-refractivity contribution < 1.29 is 32.8 Å². The summed E-state index contributed by atoms with van der Waals surface area (Å²) in [6, 6.07) is 9.44. The first-order chi connectivity index (χ1) is 12.7. The van der Waals surface area contributed by atoms with Crippen LogP contribution in [0.15, 0.2) is 65.1 Å². The zero-order valence-electron chi connectivity index (χ0n) is 13.8. The summed E-state index contributed by atoms with van der Waals surface area (Å²) in [7, 11) is -4.59. The number of benzene rings is 2. The van der Waals surface area contributed by atoms with Crippen LogP contribution < -0.4 is 0 Å². The van der Waals surface area contributed by atoms with Crippen molar-refractivity contribution in [3.05, 3.63) is 71.3 Å². The molecular formula is C19H14O7S. The van der Waals surface area contributed by atoms with Crippen molar-refractivity contribution in [1.29, 1.82) is 0 Å². The molecule has 8 heteroatoms. The normalized spacial score (nSPS) is 16.5. The summed E-state index contributed by atoms with van der Waals surface area (Å²) in [6.45, 7) is 0. The van der Waals surface area contributed by atoms with E-state index in [9.17, 15) is 32.8 Å².